The second-order valence-electron chi connectivity index (χ2n) is 5.17. The highest BCUT2D eigenvalue weighted by molar-refractivity contribution is 9.10. The summed E-state index contributed by atoms with van der Waals surface area (Å²) in [6.45, 7) is 4.52. The average Bonchev–Trinajstić information content (AvgIpc) is 2.41. The monoisotopic (exact) mass is 326 g/mol. The molecule has 0 aromatic carbocycles. The smallest absolute Gasteiger partial charge is 0.129 e. The molecule has 0 aliphatic heterocycles. The van der Waals surface area contributed by atoms with Crippen molar-refractivity contribution < 1.29 is 0 Å². The van der Waals surface area contributed by atoms with Crippen LogP contribution in [0.15, 0.2) is 22.9 Å². The molecular weight excluding hydrogens is 300 g/mol. The molecule has 0 fully saturated rings. The summed E-state index contributed by atoms with van der Waals surface area (Å²) in [7, 11) is 0. The summed E-state index contributed by atoms with van der Waals surface area (Å²) in [5, 5.41) is 3.66. The zero-order valence-corrected chi connectivity index (χ0v) is 13.9. The molecule has 0 aliphatic carbocycles. The minimum absolute atomic E-state index is 0.582. The Balaban J connectivity index is 2.49. The number of unbranched alkanes of at least 4 members (excludes halogenated alkanes) is 4. The molecule has 0 atom stereocenters. The Labute approximate surface area is 126 Å². The van der Waals surface area contributed by atoms with Crippen molar-refractivity contribution >= 4 is 21.6 Å². The van der Waals surface area contributed by atoms with Gasteiger partial charge in [-0.05, 0) is 40.9 Å². The molecule has 0 saturated carbocycles. The minimum Gasteiger partial charge on any atom is -0.380 e. The molecule has 1 aromatic rings. The first-order valence-corrected chi connectivity index (χ1v) is 8.44. The minimum atomic E-state index is 0.582. The van der Waals surface area contributed by atoms with E-state index in [0.717, 1.165) is 10.3 Å². The van der Waals surface area contributed by atoms with Gasteiger partial charge in [0.15, 0.2) is 0 Å². The summed E-state index contributed by atoms with van der Waals surface area (Å²) >= 11 is 3.51. The van der Waals surface area contributed by atoms with Crippen molar-refractivity contribution in [3.63, 3.8) is 0 Å². The van der Waals surface area contributed by atoms with Crippen molar-refractivity contribution in [1.29, 1.82) is 0 Å². The van der Waals surface area contributed by atoms with Gasteiger partial charge in [0, 0.05) is 12.2 Å². The molecule has 1 aromatic heterocycles. The zero-order valence-electron chi connectivity index (χ0n) is 12.3. The number of nitrogens with zero attached hydrogens (tertiary/aromatic N) is 1. The maximum Gasteiger partial charge on any atom is 0.129 e. The molecule has 0 saturated heterocycles. The van der Waals surface area contributed by atoms with Crippen LogP contribution in [-0.4, -0.2) is 11.0 Å². The van der Waals surface area contributed by atoms with E-state index in [-0.39, 0.29) is 0 Å². The number of pyridine rings is 1. The summed E-state index contributed by atoms with van der Waals surface area (Å²) < 4.78 is 0.922. The highest BCUT2D eigenvalue weighted by Crippen LogP contribution is 2.22. The van der Waals surface area contributed by atoms with E-state index in [4.69, 9.17) is 0 Å². The molecule has 1 N–H and O–H groups in total. The van der Waals surface area contributed by atoms with Crippen molar-refractivity contribution in [2.24, 2.45) is 0 Å². The number of rotatable bonds is 10. The number of halogens is 1. The fourth-order valence-corrected chi connectivity index (χ4v) is 2.65. The van der Waals surface area contributed by atoms with Crippen LogP contribution in [-0.2, 0) is 0 Å². The van der Waals surface area contributed by atoms with E-state index in [9.17, 15) is 0 Å². The van der Waals surface area contributed by atoms with Gasteiger partial charge in [0.05, 0.1) is 5.69 Å². The number of aromatic nitrogens is 1. The number of hydrogen-bond donors (Lipinski definition) is 1. The lowest BCUT2D eigenvalue weighted by molar-refractivity contribution is 0.526. The van der Waals surface area contributed by atoms with Crippen molar-refractivity contribution in [2.75, 3.05) is 5.32 Å². The molecule has 0 unspecified atom stereocenters. The van der Waals surface area contributed by atoms with E-state index < -0.39 is 0 Å². The summed E-state index contributed by atoms with van der Waals surface area (Å²) in [6.07, 6.45) is 12.2. The third kappa shape index (κ3) is 6.95. The third-order valence-corrected chi connectivity index (χ3v) is 4.06. The maximum atomic E-state index is 4.28. The molecule has 0 radical (unpaired) electrons. The predicted molar refractivity (Wildman–Crippen MR) is 87.6 cm³/mol. The Kier molecular flexibility index (Phi) is 8.89. The van der Waals surface area contributed by atoms with Gasteiger partial charge in [-0.2, -0.15) is 0 Å². The fraction of sp³-hybridized carbons (Fsp3) is 0.688. The van der Waals surface area contributed by atoms with Crippen LogP contribution < -0.4 is 5.32 Å². The van der Waals surface area contributed by atoms with Crippen molar-refractivity contribution in [3.05, 3.63) is 22.9 Å². The summed E-state index contributed by atoms with van der Waals surface area (Å²) in [5.74, 6) is 0. The standard InChI is InChI=1S/C16H27BrN2/c1-3-5-7-10-14(11-8-6-4-2)19-15-12-9-13-18-16(15)17/h9,12-14,19H,3-8,10-11H2,1-2H3. The lowest BCUT2D eigenvalue weighted by Gasteiger charge is -2.20. The van der Waals surface area contributed by atoms with Gasteiger partial charge in [-0.3, -0.25) is 0 Å². The highest BCUT2D eigenvalue weighted by atomic mass is 79.9. The normalized spacial score (nSPS) is 10.9. The van der Waals surface area contributed by atoms with Crippen LogP contribution in [0.4, 0.5) is 5.69 Å². The summed E-state index contributed by atoms with van der Waals surface area (Å²) in [6, 6.07) is 4.67. The SMILES string of the molecule is CCCCCC(CCCCC)Nc1cccnc1Br. The molecule has 1 rings (SSSR count). The van der Waals surface area contributed by atoms with Crippen LogP contribution in [0.1, 0.15) is 65.2 Å². The van der Waals surface area contributed by atoms with Gasteiger partial charge in [-0.25, -0.2) is 4.98 Å². The van der Waals surface area contributed by atoms with Gasteiger partial charge in [-0.1, -0.05) is 52.4 Å². The second-order valence-corrected chi connectivity index (χ2v) is 5.93. The van der Waals surface area contributed by atoms with Crippen LogP contribution in [0.5, 0.6) is 0 Å². The Morgan fingerprint density at radius 3 is 2.26 bits per heavy atom. The largest absolute Gasteiger partial charge is 0.380 e. The van der Waals surface area contributed by atoms with E-state index in [0.29, 0.717) is 6.04 Å². The van der Waals surface area contributed by atoms with E-state index >= 15 is 0 Å². The number of nitrogens with one attached hydrogen (secondary N) is 1. The first-order valence-electron chi connectivity index (χ1n) is 7.65. The summed E-state index contributed by atoms with van der Waals surface area (Å²) in [5.41, 5.74) is 1.13. The highest BCUT2D eigenvalue weighted by Gasteiger charge is 2.10. The van der Waals surface area contributed by atoms with Crippen molar-refractivity contribution in [3.8, 4) is 0 Å². The molecule has 0 aliphatic rings. The Hall–Kier alpha value is -0.570. The van der Waals surface area contributed by atoms with Gasteiger partial charge >= 0.3 is 0 Å². The molecule has 19 heavy (non-hydrogen) atoms. The fourth-order valence-electron chi connectivity index (χ4n) is 2.28. The molecule has 3 heteroatoms. The molecular formula is C16H27BrN2. The van der Waals surface area contributed by atoms with Crippen LogP contribution in [0.25, 0.3) is 0 Å². The van der Waals surface area contributed by atoms with E-state index in [1.807, 2.05) is 12.3 Å². The van der Waals surface area contributed by atoms with Crippen LogP contribution in [0.2, 0.25) is 0 Å². The Bertz CT molecular complexity index is 331. The molecule has 108 valence electrons. The van der Waals surface area contributed by atoms with Gasteiger partial charge in [0.25, 0.3) is 0 Å². The molecule has 1 heterocycles. The average molecular weight is 327 g/mol. The zero-order chi connectivity index (χ0) is 13.9. The first-order chi connectivity index (χ1) is 9.27. The van der Waals surface area contributed by atoms with E-state index in [2.05, 4.69) is 46.1 Å². The van der Waals surface area contributed by atoms with Gasteiger partial charge in [0.1, 0.15) is 4.60 Å². The predicted octanol–water partition coefficient (Wildman–Crippen LogP) is 5.79. The van der Waals surface area contributed by atoms with Gasteiger partial charge in [-0.15, -0.1) is 0 Å². The van der Waals surface area contributed by atoms with Crippen molar-refractivity contribution in [2.45, 2.75) is 71.3 Å². The molecule has 0 bridgehead atoms. The maximum absolute atomic E-state index is 4.28. The summed E-state index contributed by atoms with van der Waals surface area (Å²) in [4.78, 5) is 4.28. The molecule has 0 spiro atoms. The van der Waals surface area contributed by atoms with Crippen LogP contribution in [0.3, 0.4) is 0 Å². The Morgan fingerprint density at radius 1 is 1.11 bits per heavy atom. The Morgan fingerprint density at radius 2 is 1.74 bits per heavy atom. The molecule has 0 amide bonds. The van der Waals surface area contributed by atoms with Crippen LogP contribution >= 0.6 is 15.9 Å². The second kappa shape index (κ2) is 10.2. The third-order valence-electron chi connectivity index (χ3n) is 3.43. The number of anilines is 1. The first kappa shape index (κ1) is 16.5. The van der Waals surface area contributed by atoms with Crippen molar-refractivity contribution in [1.82, 2.24) is 4.98 Å². The topological polar surface area (TPSA) is 24.9 Å². The molecule has 2 nitrogen and oxygen atoms in total. The van der Waals surface area contributed by atoms with E-state index in [1.165, 1.54) is 51.4 Å². The number of hydrogen-bond acceptors (Lipinski definition) is 2. The van der Waals surface area contributed by atoms with Gasteiger partial charge < -0.3 is 5.32 Å². The van der Waals surface area contributed by atoms with Gasteiger partial charge in [0.2, 0.25) is 0 Å². The van der Waals surface area contributed by atoms with Crippen LogP contribution in [0, 0.1) is 0 Å². The lowest BCUT2D eigenvalue weighted by atomic mass is 10.0. The lowest BCUT2D eigenvalue weighted by Crippen LogP contribution is -2.20. The quantitative estimate of drug-likeness (QED) is 0.435. The van der Waals surface area contributed by atoms with E-state index in [1.54, 1.807) is 0 Å².